The van der Waals surface area contributed by atoms with Gasteiger partial charge in [0.15, 0.2) is 0 Å². The molecule has 0 bridgehead atoms. The minimum absolute atomic E-state index is 0.179. The molecule has 2 aromatic carbocycles. The summed E-state index contributed by atoms with van der Waals surface area (Å²) < 4.78 is 0. The quantitative estimate of drug-likeness (QED) is 0.835. The van der Waals surface area contributed by atoms with E-state index in [4.69, 9.17) is 0 Å². The zero-order chi connectivity index (χ0) is 14.6. The Bertz CT molecular complexity index is 520. The first-order valence-electron chi connectivity index (χ1n) is 7.36. The molecule has 0 aliphatic rings. The first-order chi connectivity index (χ1) is 9.46. The Labute approximate surface area is 123 Å². The molecule has 20 heavy (non-hydrogen) atoms. The van der Waals surface area contributed by atoms with Crippen molar-refractivity contribution in [1.82, 2.24) is 5.32 Å². The molecule has 0 spiro atoms. The van der Waals surface area contributed by atoms with Crippen LogP contribution in [-0.2, 0) is 0 Å². The lowest BCUT2D eigenvalue weighted by Gasteiger charge is -2.23. The number of benzene rings is 2. The van der Waals surface area contributed by atoms with E-state index in [-0.39, 0.29) is 5.54 Å². The Morgan fingerprint density at radius 3 is 1.95 bits per heavy atom. The molecule has 0 aliphatic carbocycles. The van der Waals surface area contributed by atoms with Crippen LogP contribution >= 0.6 is 0 Å². The summed E-state index contributed by atoms with van der Waals surface area (Å²) in [6, 6.07) is 19.5. The summed E-state index contributed by atoms with van der Waals surface area (Å²) in [6.45, 7) is 9.90. The van der Waals surface area contributed by atoms with Crippen LogP contribution in [-0.4, -0.2) is 12.1 Å². The highest BCUT2D eigenvalue weighted by Gasteiger charge is 2.12. The van der Waals surface area contributed by atoms with Gasteiger partial charge < -0.3 is 5.32 Å². The zero-order valence-corrected chi connectivity index (χ0v) is 13.0. The average Bonchev–Trinajstić information content (AvgIpc) is 2.45. The highest BCUT2D eigenvalue weighted by Crippen LogP contribution is 2.22. The van der Waals surface area contributed by atoms with Crippen molar-refractivity contribution < 1.29 is 0 Å². The van der Waals surface area contributed by atoms with Crippen molar-refractivity contribution in [2.75, 3.05) is 6.54 Å². The van der Waals surface area contributed by atoms with E-state index in [1.165, 1.54) is 16.7 Å². The van der Waals surface area contributed by atoms with Crippen molar-refractivity contribution in [3.05, 3.63) is 60.2 Å². The molecule has 0 aliphatic heterocycles. The van der Waals surface area contributed by atoms with Crippen LogP contribution in [0.5, 0.6) is 0 Å². The van der Waals surface area contributed by atoms with E-state index < -0.39 is 0 Å². The molecule has 2 rings (SSSR count). The smallest absolute Gasteiger partial charge is 0.00967 e. The summed E-state index contributed by atoms with van der Waals surface area (Å²) in [6.07, 6.45) is 0. The molecule has 0 fully saturated rings. The van der Waals surface area contributed by atoms with E-state index in [1.54, 1.807) is 0 Å². The van der Waals surface area contributed by atoms with Gasteiger partial charge in [0, 0.05) is 12.1 Å². The summed E-state index contributed by atoms with van der Waals surface area (Å²) >= 11 is 0. The van der Waals surface area contributed by atoms with Gasteiger partial charge in [0.2, 0.25) is 0 Å². The summed E-state index contributed by atoms with van der Waals surface area (Å²) in [5.41, 5.74) is 4.13. The second kappa shape index (κ2) is 6.23. The van der Waals surface area contributed by atoms with Crippen LogP contribution in [0.15, 0.2) is 54.6 Å². The summed E-state index contributed by atoms with van der Waals surface area (Å²) in [5.74, 6) is 0.527. The van der Waals surface area contributed by atoms with Gasteiger partial charge in [0.05, 0.1) is 0 Å². The maximum Gasteiger partial charge on any atom is 0.00967 e. The zero-order valence-electron chi connectivity index (χ0n) is 13.0. The summed E-state index contributed by atoms with van der Waals surface area (Å²) in [4.78, 5) is 0. The molecule has 2 aromatic rings. The topological polar surface area (TPSA) is 12.0 Å². The van der Waals surface area contributed by atoms with Crippen LogP contribution in [0.3, 0.4) is 0 Å². The van der Waals surface area contributed by atoms with Gasteiger partial charge in [0.25, 0.3) is 0 Å². The third kappa shape index (κ3) is 4.21. The number of rotatable bonds is 4. The first-order valence-corrected chi connectivity index (χ1v) is 7.36. The molecule has 0 aromatic heterocycles. The van der Waals surface area contributed by atoms with Gasteiger partial charge in [-0.3, -0.25) is 0 Å². The van der Waals surface area contributed by atoms with E-state index in [2.05, 4.69) is 87.6 Å². The Kier molecular flexibility index (Phi) is 4.61. The van der Waals surface area contributed by atoms with Gasteiger partial charge in [-0.1, -0.05) is 61.5 Å². The fourth-order valence-corrected chi connectivity index (χ4v) is 2.21. The monoisotopic (exact) mass is 267 g/mol. The fourth-order valence-electron chi connectivity index (χ4n) is 2.21. The van der Waals surface area contributed by atoms with Crippen LogP contribution in [0.4, 0.5) is 0 Å². The van der Waals surface area contributed by atoms with E-state index in [0.717, 1.165) is 6.54 Å². The Morgan fingerprint density at radius 1 is 0.850 bits per heavy atom. The van der Waals surface area contributed by atoms with Crippen LogP contribution in [0.2, 0.25) is 0 Å². The van der Waals surface area contributed by atoms with Crippen molar-refractivity contribution in [2.24, 2.45) is 0 Å². The molecule has 1 N–H and O–H groups in total. The van der Waals surface area contributed by atoms with Gasteiger partial charge in [-0.15, -0.1) is 0 Å². The maximum absolute atomic E-state index is 3.57. The lowest BCUT2D eigenvalue weighted by atomic mass is 9.96. The molecular formula is C19H25N. The van der Waals surface area contributed by atoms with Crippen molar-refractivity contribution in [3.8, 4) is 11.1 Å². The van der Waals surface area contributed by atoms with E-state index in [0.29, 0.717) is 5.92 Å². The third-order valence-corrected chi connectivity index (χ3v) is 3.53. The standard InChI is InChI=1S/C19H25N/c1-15(14-20-19(2,3)4)16-10-12-18(13-11-16)17-8-6-5-7-9-17/h5-13,15,20H,14H2,1-4H3. The van der Waals surface area contributed by atoms with E-state index in [9.17, 15) is 0 Å². The van der Waals surface area contributed by atoms with Gasteiger partial charge in [-0.25, -0.2) is 0 Å². The molecule has 1 nitrogen and oxygen atoms in total. The van der Waals surface area contributed by atoms with Gasteiger partial charge in [-0.2, -0.15) is 0 Å². The normalized spacial score (nSPS) is 13.2. The number of hydrogen-bond donors (Lipinski definition) is 1. The largest absolute Gasteiger partial charge is 0.311 e. The lowest BCUT2D eigenvalue weighted by Crippen LogP contribution is -2.38. The average molecular weight is 267 g/mol. The highest BCUT2D eigenvalue weighted by molar-refractivity contribution is 5.63. The van der Waals surface area contributed by atoms with Gasteiger partial charge in [-0.05, 0) is 43.4 Å². The Balaban J connectivity index is 2.05. The number of hydrogen-bond acceptors (Lipinski definition) is 1. The predicted octanol–water partition coefficient (Wildman–Crippen LogP) is 4.85. The Hall–Kier alpha value is -1.60. The second-order valence-electron chi connectivity index (χ2n) is 6.52. The van der Waals surface area contributed by atoms with Crippen LogP contribution in [0.1, 0.15) is 39.2 Å². The lowest BCUT2D eigenvalue weighted by molar-refractivity contribution is 0.412. The minimum Gasteiger partial charge on any atom is -0.311 e. The molecule has 0 saturated carbocycles. The molecular weight excluding hydrogens is 242 g/mol. The molecule has 0 heterocycles. The van der Waals surface area contributed by atoms with Crippen LogP contribution in [0.25, 0.3) is 11.1 Å². The van der Waals surface area contributed by atoms with Crippen LogP contribution < -0.4 is 5.32 Å². The molecule has 0 saturated heterocycles. The fraction of sp³-hybridized carbons (Fsp3) is 0.368. The molecule has 0 amide bonds. The molecule has 1 unspecified atom stereocenters. The first kappa shape index (κ1) is 14.8. The molecule has 1 atom stereocenters. The van der Waals surface area contributed by atoms with Crippen LogP contribution in [0, 0.1) is 0 Å². The molecule has 106 valence electrons. The minimum atomic E-state index is 0.179. The van der Waals surface area contributed by atoms with Crippen molar-refractivity contribution >= 4 is 0 Å². The summed E-state index contributed by atoms with van der Waals surface area (Å²) in [5, 5.41) is 3.57. The van der Waals surface area contributed by atoms with E-state index in [1.807, 2.05) is 0 Å². The number of nitrogens with one attached hydrogen (secondary N) is 1. The van der Waals surface area contributed by atoms with E-state index >= 15 is 0 Å². The van der Waals surface area contributed by atoms with Crippen molar-refractivity contribution in [2.45, 2.75) is 39.2 Å². The van der Waals surface area contributed by atoms with Gasteiger partial charge in [0.1, 0.15) is 0 Å². The third-order valence-electron chi connectivity index (χ3n) is 3.53. The SMILES string of the molecule is CC(CNC(C)(C)C)c1ccc(-c2ccccc2)cc1. The summed E-state index contributed by atoms with van der Waals surface area (Å²) in [7, 11) is 0. The maximum atomic E-state index is 3.57. The molecule has 0 radical (unpaired) electrons. The molecule has 1 heteroatoms. The highest BCUT2D eigenvalue weighted by atomic mass is 14.9. The second-order valence-corrected chi connectivity index (χ2v) is 6.52. The van der Waals surface area contributed by atoms with Crippen molar-refractivity contribution in [3.63, 3.8) is 0 Å². The van der Waals surface area contributed by atoms with Gasteiger partial charge >= 0.3 is 0 Å². The van der Waals surface area contributed by atoms with Crippen molar-refractivity contribution in [1.29, 1.82) is 0 Å². The predicted molar refractivity (Wildman–Crippen MR) is 88.0 cm³/mol. The Morgan fingerprint density at radius 2 is 1.40 bits per heavy atom.